The zero-order valence-corrected chi connectivity index (χ0v) is 17.3. The van der Waals surface area contributed by atoms with Crippen LogP contribution in [0, 0.1) is 0 Å². The van der Waals surface area contributed by atoms with E-state index in [0.717, 1.165) is 4.47 Å². The first-order valence-corrected chi connectivity index (χ1v) is 10.8. The topological polar surface area (TPSA) is 76.6 Å². The second-order valence-electron chi connectivity index (χ2n) is 5.44. The number of halogens is 1. The lowest BCUT2D eigenvalue weighted by atomic mass is 10.4. The van der Waals surface area contributed by atoms with Gasteiger partial charge in [-0.2, -0.15) is 4.31 Å². The highest BCUT2D eigenvalue weighted by Gasteiger charge is 2.28. The summed E-state index contributed by atoms with van der Waals surface area (Å²) in [6.45, 7) is 5.69. The van der Waals surface area contributed by atoms with Gasteiger partial charge in [0.2, 0.25) is 10.0 Å². The minimum Gasteiger partial charge on any atom is -0.461 e. The highest BCUT2D eigenvalue weighted by atomic mass is 79.9. The zero-order chi connectivity index (χ0) is 18.6. The number of carbonyl (C=O) groups is 1. The Kier molecular flexibility index (Phi) is 6.72. The van der Waals surface area contributed by atoms with Crippen LogP contribution in [-0.2, 0) is 21.3 Å². The van der Waals surface area contributed by atoms with Gasteiger partial charge in [0, 0.05) is 15.9 Å². The molecule has 9 heteroatoms. The van der Waals surface area contributed by atoms with Crippen molar-refractivity contribution < 1.29 is 17.9 Å². The summed E-state index contributed by atoms with van der Waals surface area (Å²) in [6.07, 6.45) is 0. The van der Waals surface area contributed by atoms with Gasteiger partial charge < -0.3 is 4.74 Å². The molecule has 0 unspecified atom stereocenters. The third-order valence-corrected chi connectivity index (χ3v) is 6.72. The Labute approximate surface area is 160 Å². The van der Waals surface area contributed by atoms with E-state index in [4.69, 9.17) is 4.74 Å². The first-order chi connectivity index (χ1) is 11.8. The molecule has 25 heavy (non-hydrogen) atoms. The van der Waals surface area contributed by atoms with E-state index in [2.05, 4.69) is 20.9 Å². The second-order valence-corrected chi connectivity index (χ2v) is 9.19. The Bertz CT molecular complexity index is 832. The third kappa shape index (κ3) is 4.87. The standard InChI is InChI=1S/C16H19BrN2O4S2/c1-4-23-16(20)14-10-24-15(18-14)9-19(11(2)3)25(21,22)13-7-5-12(17)6-8-13/h5-8,10-11H,4,9H2,1-3H3. The minimum atomic E-state index is -3.67. The molecule has 1 heterocycles. The fourth-order valence-electron chi connectivity index (χ4n) is 2.10. The summed E-state index contributed by atoms with van der Waals surface area (Å²) >= 11 is 4.54. The normalized spacial score (nSPS) is 11.9. The monoisotopic (exact) mass is 446 g/mol. The summed E-state index contributed by atoms with van der Waals surface area (Å²) in [4.78, 5) is 16.1. The van der Waals surface area contributed by atoms with E-state index in [1.54, 1.807) is 50.4 Å². The fraction of sp³-hybridized carbons (Fsp3) is 0.375. The third-order valence-electron chi connectivity index (χ3n) is 3.32. The van der Waals surface area contributed by atoms with Crippen LogP contribution in [0.15, 0.2) is 39.0 Å². The molecule has 0 saturated heterocycles. The number of thiazole rings is 1. The Morgan fingerprint density at radius 2 is 1.96 bits per heavy atom. The lowest BCUT2D eigenvalue weighted by Gasteiger charge is -2.25. The number of aromatic nitrogens is 1. The van der Waals surface area contributed by atoms with Gasteiger partial charge in [0.05, 0.1) is 18.0 Å². The van der Waals surface area contributed by atoms with Crippen molar-refractivity contribution in [1.29, 1.82) is 0 Å². The number of esters is 1. The van der Waals surface area contributed by atoms with E-state index < -0.39 is 16.0 Å². The van der Waals surface area contributed by atoms with E-state index in [-0.39, 0.29) is 29.8 Å². The summed E-state index contributed by atoms with van der Waals surface area (Å²) < 4.78 is 32.9. The van der Waals surface area contributed by atoms with Crippen LogP contribution in [0.4, 0.5) is 0 Å². The highest BCUT2D eigenvalue weighted by Crippen LogP contribution is 2.24. The van der Waals surface area contributed by atoms with Crippen LogP contribution < -0.4 is 0 Å². The smallest absolute Gasteiger partial charge is 0.357 e. The van der Waals surface area contributed by atoms with Crippen LogP contribution in [0.1, 0.15) is 36.3 Å². The quantitative estimate of drug-likeness (QED) is 0.606. The minimum absolute atomic E-state index is 0.0974. The molecule has 0 saturated carbocycles. The van der Waals surface area contributed by atoms with E-state index in [0.29, 0.717) is 5.01 Å². The molecular formula is C16H19BrN2O4S2. The van der Waals surface area contributed by atoms with Crippen LogP contribution in [0.2, 0.25) is 0 Å². The van der Waals surface area contributed by atoms with Crippen molar-refractivity contribution in [3.63, 3.8) is 0 Å². The number of carbonyl (C=O) groups excluding carboxylic acids is 1. The van der Waals surface area contributed by atoms with Gasteiger partial charge in [-0.05, 0) is 45.0 Å². The van der Waals surface area contributed by atoms with Crippen molar-refractivity contribution in [2.24, 2.45) is 0 Å². The Morgan fingerprint density at radius 1 is 1.32 bits per heavy atom. The van der Waals surface area contributed by atoms with Crippen molar-refractivity contribution >= 4 is 43.3 Å². The molecule has 0 aliphatic carbocycles. The van der Waals surface area contributed by atoms with E-state index in [1.165, 1.54) is 15.6 Å². The largest absolute Gasteiger partial charge is 0.461 e. The summed E-state index contributed by atoms with van der Waals surface area (Å²) in [5, 5.41) is 2.12. The molecule has 0 aliphatic rings. The number of ether oxygens (including phenoxy) is 1. The van der Waals surface area contributed by atoms with Crippen molar-refractivity contribution in [2.75, 3.05) is 6.61 Å². The van der Waals surface area contributed by atoms with Crippen molar-refractivity contribution in [1.82, 2.24) is 9.29 Å². The zero-order valence-electron chi connectivity index (χ0n) is 14.1. The lowest BCUT2D eigenvalue weighted by molar-refractivity contribution is 0.0520. The highest BCUT2D eigenvalue weighted by molar-refractivity contribution is 9.10. The number of benzene rings is 1. The average molecular weight is 447 g/mol. The molecule has 136 valence electrons. The summed E-state index contributed by atoms with van der Waals surface area (Å²) in [5.74, 6) is -0.503. The van der Waals surface area contributed by atoms with Gasteiger partial charge in [-0.3, -0.25) is 0 Å². The van der Waals surface area contributed by atoms with E-state index in [9.17, 15) is 13.2 Å². The van der Waals surface area contributed by atoms with Crippen LogP contribution >= 0.6 is 27.3 Å². The summed E-state index contributed by atoms with van der Waals surface area (Å²) in [7, 11) is -3.67. The van der Waals surface area contributed by atoms with Gasteiger partial charge in [0.15, 0.2) is 5.69 Å². The Hall–Kier alpha value is -1.29. The molecular weight excluding hydrogens is 428 g/mol. The fourth-order valence-corrected chi connectivity index (χ4v) is 4.81. The van der Waals surface area contributed by atoms with Gasteiger partial charge in [0.1, 0.15) is 5.01 Å². The maximum atomic E-state index is 12.9. The molecule has 0 amide bonds. The molecule has 2 rings (SSSR count). The lowest BCUT2D eigenvalue weighted by Crippen LogP contribution is -2.36. The molecule has 0 aliphatic heterocycles. The molecule has 0 radical (unpaired) electrons. The number of nitrogens with zero attached hydrogens (tertiary/aromatic N) is 2. The molecule has 1 aromatic heterocycles. The number of rotatable bonds is 7. The predicted octanol–water partition coefficient (Wildman–Crippen LogP) is 3.68. The Balaban J connectivity index is 2.27. The molecule has 0 spiro atoms. The van der Waals surface area contributed by atoms with Crippen LogP contribution in [-0.4, -0.2) is 36.3 Å². The average Bonchev–Trinajstić information content (AvgIpc) is 3.01. The SMILES string of the molecule is CCOC(=O)c1csc(CN(C(C)C)S(=O)(=O)c2ccc(Br)cc2)n1. The van der Waals surface area contributed by atoms with Crippen molar-refractivity contribution in [2.45, 2.75) is 38.3 Å². The van der Waals surface area contributed by atoms with Crippen LogP contribution in [0.25, 0.3) is 0 Å². The molecule has 2 aromatic rings. The maximum absolute atomic E-state index is 12.9. The molecule has 0 atom stereocenters. The van der Waals surface area contributed by atoms with E-state index in [1.807, 2.05) is 0 Å². The van der Waals surface area contributed by atoms with Crippen molar-refractivity contribution in [3.05, 3.63) is 44.8 Å². The van der Waals surface area contributed by atoms with Crippen LogP contribution in [0.3, 0.4) is 0 Å². The predicted molar refractivity (Wildman–Crippen MR) is 100 cm³/mol. The van der Waals surface area contributed by atoms with Gasteiger partial charge in [-0.15, -0.1) is 11.3 Å². The molecule has 0 N–H and O–H groups in total. The van der Waals surface area contributed by atoms with Crippen molar-refractivity contribution in [3.8, 4) is 0 Å². The first kappa shape index (κ1) is 20.0. The number of hydrogen-bond acceptors (Lipinski definition) is 6. The molecule has 1 aromatic carbocycles. The number of hydrogen-bond donors (Lipinski definition) is 0. The Morgan fingerprint density at radius 3 is 2.52 bits per heavy atom. The maximum Gasteiger partial charge on any atom is 0.357 e. The first-order valence-electron chi connectivity index (χ1n) is 7.64. The van der Waals surface area contributed by atoms with Crippen LogP contribution in [0.5, 0.6) is 0 Å². The molecule has 0 bridgehead atoms. The molecule has 6 nitrogen and oxygen atoms in total. The van der Waals surface area contributed by atoms with E-state index >= 15 is 0 Å². The van der Waals surface area contributed by atoms with Gasteiger partial charge in [-0.25, -0.2) is 18.2 Å². The van der Waals surface area contributed by atoms with Gasteiger partial charge in [0.25, 0.3) is 0 Å². The summed E-state index contributed by atoms with van der Waals surface area (Å²) in [6, 6.07) is 6.23. The molecule has 0 fully saturated rings. The van der Waals surface area contributed by atoms with Gasteiger partial charge in [-0.1, -0.05) is 15.9 Å². The summed E-state index contributed by atoms with van der Waals surface area (Å²) in [5.41, 5.74) is 0.201. The number of sulfonamides is 1. The second kappa shape index (κ2) is 8.39. The van der Waals surface area contributed by atoms with Gasteiger partial charge >= 0.3 is 5.97 Å².